The Kier molecular flexibility index (Phi) is 4.85. The van der Waals surface area contributed by atoms with Crippen molar-refractivity contribution in [3.05, 3.63) is 47.1 Å². The van der Waals surface area contributed by atoms with Crippen LogP contribution >= 0.6 is 23.4 Å². The van der Waals surface area contributed by atoms with Crippen LogP contribution in [0.3, 0.4) is 0 Å². The lowest BCUT2D eigenvalue weighted by Crippen LogP contribution is -2.52. The number of aromatic nitrogens is 1. The fraction of sp³-hybridized carbons (Fsp3) is 0.350. The molecule has 0 spiro atoms. The third-order valence-electron chi connectivity index (χ3n) is 5.49. The van der Waals surface area contributed by atoms with Crippen molar-refractivity contribution < 1.29 is 9.59 Å². The smallest absolute Gasteiger partial charge is 0.327 e. The van der Waals surface area contributed by atoms with E-state index in [4.69, 9.17) is 11.6 Å². The van der Waals surface area contributed by atoms with Crippen LogP contribution in [-0.2, 0) is 4.79 Å². The summed E-state index contributed by atoms with van der Waals surface area (Å²) in [6.07, 6.45) is 3.70. The largest absolute Gasteiger partial charge is 0.351 e. The number of nitrogens with zero attached hydrogens (tertiary/aromatic N) is 2. The highest BCUT2D eigenvalue weighted by Crippen LogP contribution is 2.50. The molecule has 1 aromatic carbocycles. The molecule has 3 amide bonds. The van der Waals surface area contributed by atoms with Crippen molar-refractivity contribution in [2.24, 2.45) is 0 Å². The number of anilines is 2. The molecule has 2 aromatic rings. The number of carbonyl (C=O) groups is 2. The summed E-state index contributed by atoms with van der Waals surface area (Å²) in [7, 11) is 0. The molecule has 0 bridgehead atoms. The van der Waals surface area contributed by atoms with Crippen LogP contribution in [0.2, 0.25) is 5.02 Å². The van der Waals surface area contributed by atoms with Gasteiger partial charge in [0.1, 0.15) is 10.3 Å². The Morgan fingerprint density at radius 3 is 2.86 bits per heavy atom. The van der Waals surface area contributed by atoms with Gasteiger partial charge in [-0.15, -0.1) is 0 Å². The molecule has 1 saturated heterocycles. The number of benzene rings is 1. The summed E-state index contributed by atoms with van der Waals surface area (Å²) in [5, 5.41) is 10.4. The van der Waals surface area contributed by atoms with Crippen LogP contribution < -0.4 is 20.9 Å². The van der Waals surface area contributed by atoms with Gasteiger partial charge in [-0.1, -0.05) is 23.4 Å². The van der Waals surface area contributed by atoms with E-state index < -0.39 is 11.3 Å². The highest BCUT2D eigenvalue weighted by molar-refractivity contribution is 8.01. The SMILES string of the molecule is O=C(NC1CCCNC1)[C@@H]1Sc2nccc3c2C1NC(=O)N3c1ccc(Cl)cc1. The van der Waals surface area contributed by atoms with Crippen LogP contribution in [0, 0.1) is 0 Å². The van der Waals surface area contributed by atoms with Crippen molar-refractivity contribution in [3.63, 3.8) is 0 Å². The van der Waals surface area contributed by atoms with Gasteiger partial charge in [0.25, 0.3) is 0 Å². The molecule has 0 aliphatic carbocycles. The summed E-state index contributed by atoms with van der Waals surface area (Å²) < 4.78 is 0. The number of hydrogen-bond donors (Lipinski definition) is 3. The first-order valence-corrected chi connectivity index (χ1v) is 10.9. The van der Waals surface area contributed by atoms with Crippen molar-refractivity contribution in [1.29, 1.82) is 0 Å². The van der Waals surface area contributed by atoms with E-state index in [1.165, 1.54) is 11.8 Å². The lowest BCUT2D eigenvalue weighted by molar-refractivity contribution is -0.121. The summed E-state index contributed by atoms with van der Waals surface area (Å²) in [5.74, 6) is -0.0575. The number of carbonyl (C=O) groups excluding carboxylic acids is 2. The molecule has 9 heteroatoms. The van der Waals surface area contributed by atoms with E-state index in [0.29, 0.717) is 10.7 Å². The minimum absolute atomic E-state index is 0.0575. The van der Waals surface area contributed by atoms with E-state index in [0.717, 1.165) is 42.2 Å². The first-order chi connectivity index (χ1) is 14.1. The molecule has 0 radical (unpaired) electrons. The maximum absolute atomic E-state index is 13.0. The molecule has 3 aliphatic rings. The number of pyridine rings is 1. The number of piperidine rings is 1. The molecule has 0 saturated carbocycles. The van der Waals surface area contributed by atoms with Gasteiger partial charge in [-0.3, -0.25) is 9.69 Å². The second kappa shape index (κ2) is 7.51. The van der Waals surface area contributed by atoms with Crippen LogP contribution in [0.15, 0.2) is 41.6 Å². The maximum atomic E-state index is 13.0. The lowest BCUT2D eigenvalue weighted by Gasteiger charge is -2.34. The third-order valence-corrected chi connectivity index (χ3v) is 7.03. The van der Waals surface area contributed by atoms with Crippen molar-refractivity contribution in [2.45, 2.75) is 35.2 Å². The van der Waals surface area contributed by atoms with Gasteiger partial charge >= 0.3 is 6.03 Å². The molecular weight excluding hydrogens is 410 g/mol. The molecule has 5 rings (SSSR count). The summed E-state index contributed by atoms with van der Waals surface area (Å²) in [4.78, 5) is 32.1. The predicted octanol–water partition coefficient (Wildman–Crippen LogP) is 2.98. The minimum Gasteiger partial charge on any atom is -0.351 e. The van der Waals surface area contributed by atoms with E-state index in [1.807, 2.05) is 6.07 Å². The van der Waals surface area contributed by atoms with Gasteiger partial charge < -0.3 is 16.0 Å². The summed E-state index contributed by atoms with van der Waals surface area (Å²) in [6.45, 7) is 1.77. The lowest BCUT2D eigenvalue weighted by atomic mass is 9.99. The maximum Gasteiger partial charge on any atom is 0.327 e. The highest BCUT2D eigenvalue weighted by atomic mass is 35.5. The van der Waals surface area contributed by atoms with Gasteiger partial charge in [-0.25, -0.2) is 9.78 Å². The summed E-state index contributed by atoms with van der Waals surface area (Å²) in [6, 6.07) is 8.40. The van der Waals surface area contributed by atoms with E-state index in [2.05, 4.69) is 20.9 Å². The zero-order chi connectivity index (χ0) is 20.0. The van der Waals surface area contributed by atoms with Crippen molar-refractivity contribution in [3.8, 4) is 0 Å². The summed E-state index contributed by atoms with van der Waals surface area (Å²) >= 11 is 7.41. The Hall–Kier alpha value is -2.29. The van der Waals surface area contributed by atoms with Gasteiger partial charge in [0, 0.05) is 29.4 Å². The van der Waals surface area contributed by atoms with Gasteiger partial charge in [-0.05, 0) is 49.7 Å². The number of thioether (sulfide) groups is 1. The molecule has 150 valence electrons. The molecular formula is C20H20ClN5O2S. The van der Waals surface area contributed by atoms with E-state index in [9.17, 15) is 9.59 Å². The molecule has 2 unspecified atom stereocenters. The van der Waals surface area contributed by atoms with Crippen molar-refractivity contribution >= 4 is 46.7 Å². The fourth-order valence-electron chi connectivity index (χ4n) is 4.13. The van der Waals surface area contributed by atoms with Crippen LogP contribution in [0.4, 0.5) is 16.2 Å². The Bertz CT molecular complexity index is 964. The molecule has 3 aliphatic heterocycles. The Balaban J connectivity index is 1.45. The van der Waals surface area contributed by atoms with E-state index >= 15 is 0 Å². The molecule has 1 fully saturated rings. The number of amides is 3. The molecule has 3 atom stereocenters. The number of urea groups is 1. The number of halogens is 1. The first kappa shape index (κ1) is 18.7. The zero-order valence-corrected chi connectivity index (χ0v) is 17.1. The number of hydrogen-bond acceptors (Lipinski definition) is 5. The van der Waals surface area contributed by atoms with Gasteiger partial charge in [0.15, 0.2) is 0 Å². The Morgan fingerprint density at radius 2 is 2.10 bits per heavy atom. The van der Waals surface area contributed by atoms with Crippen molar-refractivity contribution in [2.75, 3.05) is 18.0 Å². The van der Waals surface area contributed by atoms with E-state index in [-0.39, 0.29) is 18.0 Å². The number of rotatable bonds is 3. The molecule has 29 heavy (non-hydrogen) atoms. The second-order valence-corrected chi connectivity index (χ2v) is 8.94. The quantitative estimate of drug-likeness (QED) is 0.698. The van der Waals surface area contributed by atoms with Gasteiger partial charge in [0.05, 0.1) is 17.4 Å². The fourth-order valence-corrected chi connectivity index (χ4v) is 5.49. The average molecular weight is 430 g/mol. The summed E-state index contributed by atoms with van der Waals surface area (Å²) in [5.41, 5.74) is 2.37. The number of nitrogens with one attached hydrogen (secondary N) is 3. The van der Waals surface area contributed by atoms with Crippen LogP contribution in [0.5, 0.6) is 0 Å². The average Bonchev–Trinajstić information content (AvgIpc) is 3.10. The Labute approximate surface area is 177 Å². The molecule has 3 N–H and O–H groups in total. The second-order valence-electron chi connectivity index (χ2n) is 7.38. The normalized spacial score (nSPS) is 25.3. The molecule has 4 heterocycles. The standard InChI is InChI=1S/C20H20ClN5O2S/c21-11-3-5-13(6-4-11)26-14-7-9-23-19-15(14)16(25-20(26)28)17(29-19)18(27)24-12-2-1-8-22-10-12/h3-7,9,12,16-17,22H,1-2,8,10H2,(H,24,27)(H,25,28)/t12?,16?,17-/m1/s1. The van der Waals surface area contributed by atoms with Crippen molar-refractivity contribution in [1.82, 2.24) is 20.9 Å². The molecule has 7 nitrogen and oxygen atoms in total. The van der Waals surface area contributed by atoms with Crippen LogP contribution in [0.1, 0.15) is 24.4 Å². The first-order valence-electron chi connectivity index (χ1n) is 9.64. The van der Waals surface area contributed by atoms with Crippen LogP contribution in [-0.4, -0.2) is 41.3 Å². The highest BCUT2D eigenvalue weighted by Gasteiger charge is 2.46. The zero-order valence-electron chi connectivity index (χ0n) is 15.5. The van der Waals surface area contributed by atoms with E-state index in [1.54, 1.807) is 35.4 Å². The minimum atomic E-state index is -0.433. The van der Waals surface area contributed by atoms with Gasteiger partial charge in [0.2, 0.25) is 5.91 Å². The molecule has 1 aromatic heterocycles. The monoisotopic (exact) mass is 429 g/mol. The Morgan fingerprint density at radius 1 is 1.28 bits per heavy atom. The predicted molar refractivity (Wildman–Crippen MR) is 113 cm³/mol. The van der Waals surface area contributed by atoms with Crippen LogP contribution in [0.25, 0.3) is 0 Å². The topological polar surface area (TPSA) is 86.4 Å². The third kappa shape index (κ3) is 3.35. The van der Waals surface area contributed by atoms with Gasteiger partial charge in [-0.2, -0.15) is 0 Å².